The molecule has 0 N–H and O–H groups in total. The van der Waals surface area contributed by atoms with Crippen LogP contribution in [0, 0.1) is 0 Å². The van der Waals surface area contributed by atoms with Gasteiger partial charge in [0.15, 0.2) is 0 Å². The molecule has 1 heterocycles. The Labute approximate surface area is 127 Å². The van der Waals surface area contributed by atoms with Crippen molar-refractivity contribution in [1.29, 1.82) is 0 Å². The second-order valence-corrected chi connectivity index (χ2v) is 4.90. The summed E-state index contributed by atoms with van der Waals surface area (Å²) in [5, 5.41) is 3.74. The van der Waals surface area contributed by atoms with Crippen LogP contribution in [0.25, 0.3) is 11.3 Å². The minimum absolute atomic E-state index is 0.115. The van der Waals surface area contributed by atoms with E-state index in [1.54, 1.807) is 13.2 Å². The zero-order valence-electron chi connectivity index (χ0n) is 11.6. The van der Waals surface area contributed by atoms with Gasteiger partial charge in [0.1, 0.15) is 0 Å². The second kappa shape index (κ2) is 7.15. The standard InChI is InChI=1S/C15H15ClN2O3/c1-21-8-7-18-15(20)12(10-14(16)19)9-13(17-18)11-5-3-2-4-6-11/h2-6,9H,7-8,10H2,1H3. The van der Waals surface area contributed by atoms with Crippen LogP contribution in [-0.2, 0) is 22.5 Å². The predicted octanol–water partition coefficient (Wildman–Crippen LogP) is 1.86. The third-order valence-electron chi connectivity index (χ3n) is 2.95. The maximum Gasteiger partial charge on any atom is 0.270 e. The van der Waals surface area contributed by atoms with E-state index in [4.69, 9.17) is 16.3 Å². The van der Waals surface area contributed by atoms with Gasteiger partial charge < -0.3 is 4.74 Å². The number of halogens is 1. The summed E-state index contributed by atoms with van der Waals surface area (Å²) in [7, 11) is 1.55. The second-order valence-electron chi connectivity index (χ2n) is 4.47. The molecule has 6 heteroatoms. The lowest BCUT2D eigenvalue weighted by atomic mass is 10.1. The summed E-state index contributed by atoms with van der Waals surface area (Å²) in [6.07, 6.45) is -0.115. The molecule has 0 radical (unpaired) electrons. The summed E-state index contributed by atoms with van der Waals surface area (Å²) in [6, 6.07) is 11.1. The van der Waals surface area contributed by atoms with E-state index in [0.29, 0.717) is 24.4 Å². The summed E-state index contributed by atoms with van der Waals surface area (Å²) in [5.41, 5.74) is 1.51. The Balaban J connectivity index is 2.50. The first-order valence-corrected chi connectivity index (χ1v) is 6.83. The monoisotopic (exact) mass is 306 g/mol. The quantitative estimate of drug-likeness (QED) is 0.764. The van der Waals surface area contributed by atoms with E-state index in [9.17, 15) is 9.59 Å². The molecule has 0 saturated carbocycles. The van der Waals surface area contributed by atoms with Gasteiger partial charge >= 0.3 is 0 Å². The number of rotatable bonds is 6. The van der Waals surface area contributed by atoms with E-state index >= 15 is 0 Å². The summed E-state index contributed by atoms with van der Waals surface area (Å²) in [4.78, 5) is 23.3. The molecular weight excluding hydrogens is 292 g/mol. The van der Waals surface area contributed by atoms with E-state index in [-0.39, 0.29) is 12.0 Å². The van der Waals surface area contributed by atoms with Crippen molar-refractivity contribution in [1.82, 2.24) is 9.78 Å². The lowest BCUT2D eigenvalue weighted by molar-refractivity contribution is -0.111. The molecule has 5 nitrogen and oxygen atoms in total. The Hall–Kier alpha value is -1.98. The highest BCUT2D eigenvalue weighted by Gasteiger charge is 2.12. The molecule has 2 aromatic rings. The molecule has 0 amide bonds. The van der Waals surface area contributed by atoms with Gasteiger partial charge in [0, 0.05) is 18.2 Å². The van der Waals surface area contributed by atoms with Crippen LogP contribution in [-0.4, -0.2) is 28.7 Å². The van der Waals surface area contributed by atoms with Crippen molar-refractivity contribution in [2.45, 2.75) is 13.0 Å². The van der Waals surface area contributed by atoms with Gasteiger partial charge in [-0.1, -0.05) is 30.3 Å². The Morgan fingerprint density at radius 3 is 2.67 bits per heavy atom. The van der Waals surface area contributed by atoms with Crippen molar-refractivity contribution in [3.8, 4) is 11.3 Å². The average molecular weight is 307 g/mol. The molecule has 2 rings (SSSR count). The lowest BCUT2D eigenvalue weighted by Gasteiger charge is -2.09. The van der Waals surface area contributed by atoms with Gasteiger partial charge in [-0.05, 0) is 17.7 Å². The molecular formula is C15H15ClN2O3. The van der Waals surface area contributed by atoms with Crippen LogP contribution in [0.5, 0.6) is 0 Å². The number of ether oxygens (including phenoxy) is 1. The normalized spacial score (nSPS) is 10.6. The fraction of sp³-hybridized carbons (Fsp3) is 0.267. The summed E-state index contributed by atoms with van der Waals surface area (Å²) >= 11 is 5.41. The molecule has 1 aromatic carbocycles. The van der Waals surface area contributed by atoms with Gasteiger partial charge in [-0.15, -0.1) is 0 Å². The van der Waals surface area contributed by atoms with Gasteiger partial charge in [-0.3, -0.25) is 9.59 Å². The molecule has 0 bridgehead atoms. The van der Waals surface area contributed by atoms with Gasteiger partial charge in [0.2, 0.25) is 5.24 Å². The van der Waals surface area contributed by atoms with Crippen molar-refractivity contribution in [2.75, 3.05) is 13.7 Å². The number of nitrogens with zero attached hydrogens (tertiary/aromatic N) is 2. The van der Waals surface area contributed by atoms with Crippen LogP contribution in [0.4, 0.5) is 0 Å². The topological polar surface area (TPSA) is 61.2 Å². The number of aromatic nitrogens is 2. The van der Waals surface area contributed by atoms with E-state index in [1.165, 1.54) is 4.68 Å². The minimum Gasteiger partial charge on any atom is -0.383 e. The van der Waals surface area contributed by atoms with E-state index in [2.05, 4.69) is 5.10 Å². The fourth-order valence-corrected chi connectivity index (χ4v) is 2.10. The largest absolute Gasteiger partial charge is 0.383 e. The third-order valence-corrected chi connectivity index (χ3v) is 3.09. The maximum atomic E-state index is 12.2. The van der Waals surface area contributed by atoms with Crippen LogP contribution in [0.15, 0.2) is 41.2 Å². The summed E-state index contributed by atoms with van der Waals surface area (Å²) < 4.78 is 6.28. The fourth-order valence-electron chi connectivity index (χ4n) is 1.95. The van der Waals surface area contributed by atoms with E-state index < -0.39 is 5.24 Å². The molecule has 0 spiro atoms. The van der Waals surface area contributed by atoms with Crippen LogP contribution in [0.2, 0.25) is 0 Å². The number of hydrogen-bond donors (Lipinski definition) is 0. The van der Waals surface area contributed by atoms with E-state index in [1.807, 2.05) is 30.3 Å². The Morgan fingerprint density at radius 1 is 1.33 bits per heavy atom. The molecule has 0 aliphatic carbocycles. The number of carbonyl (C=O) groups is 1. The highest BCUT2D eigenvalue weighted by atomic mass is 35.5. The minimum atomic E-state index is -0.574. The number of benzene rings is 1. The molecule has 0 unspecified atom stereocenters. The zero-order valence-corrected chi connectivity index (χ0v) is 12.3. The molecule has 0 atom stereocenters. The molecule has 0 fully saturated rings. The Bertz CT molecular complexity index is 683. The lowest BCUT2D eigenvalue weighted by Crippen LogP contribution is -2.29. The van der Waals surface area contributed by atoms with Crippen LogP contribution in [0.1, 0.15) is 5.56 Å². The first-order valence-electron chi connectivity index (χ1n) is 6.45. The zero-order chi connectivity index (χ0) is 15.2. The van der Waals surface area contributed by atoms with Crippen LogP contribution in [0.3, 0.4) is 0 Å². The molecule has 0 aliphatic heterocycles. The highest BCUT2D eigenvalue weighted by Crippen LogP contribution is 2.16. The highest BCUT2D eigenvalue weighted by molar-refractivity contribution is 6.63. The third kappa shape index (κ3) is 4.00. The average Bonchev–Trinajstić information content (AvgIpc) is 2.48. The van der Waals surface area contributed by atoms with Crippen molar-refractivity contribution >= 4 is 16.8 Å². The SMILES string of the molecule is COCCn1nc(-c2ccccc2)cc(CC(=O)Cl)c1=O. The van der Waals surface area contributed by atoms with Crippen molar-refractivity contribution in [2.24, 2.45) is 0 Å². The van der Waals surface area contributed by atoms with Crippen molar-refractivity contribution in [3.05, 3.63) is 52.3 Å². The first-order chi connectivity index (χ1) is 10.1. The predicted molar refractivity (Wildman–Crippen MR) is 80.4 cm³/mol. The Kier molecular flexibility index (Phi) is 5.25. The van der Waals surface area contributed by atoms with Gasteiger partial charge in [0.05, 0.1) is 25.3 Å². The van der Waals surface area contributed by atoms with Crippen LogP contribution >= 0.6 is 11.6 Å². The molecule has 0 saturated heterocycles. The Morgan fingerprint density at radius 2 is 2.05 bits per heavy atom. The number of methoxy groups -OCH3 is 1. The summed E-state index contributed by atoms with van der Waals surface area (Å²) in [5.74, 6) is 0. The molecule has 21 heavy (non-hydrogen) atoms. The van der Waals surface area contributed by atoms with Crippen molar-refractivity contribution < 1.29 is 9.53 Å². The summed E-state index contributed by atoms with van der Waals surface area (Å²) in [6.45, 7) is 0.679. The van der Waals surface area contributed by atoms with Gasteiger partial charge in [-0.2, -0.15) is 5.10 Å². The molecule has 1 aromatic heterocycles. The smallest absolute Gasteiger partial charge is 0.270 e. The first kappa shape index (κ1) is 15.4. The molecule has 0 aliphatic rings. The maximum absolute atomic E-state index is 12.2. The van der Waals surface area contributed by atoms with Gasteiger partial charge in [0.25, 0.3) is 5.56 Å². The number of hydrogen-bond acceptors (Lipinski definition) is 4. The molecule has 110 valence electrons. The number of carbonyl (C=O) groups excluding carboxylic acids is 1. The van der Waals surface area contributed by atoms with Gasteiger partial charge in [-0.25, -0.2) is 4.68 Å². The van der Waals surface area contributed by atoms with E-state index in [0.717, 1.165) is 5.56 Å². The van der Waals surface area contributed by atoms with Crippen molar-refractivity contribution in [3.63, 3.8) is 0 Å². The van der Waals surface area contributed by atoms with Crippen LogP contribution < -0.4 is 5.56 Å².